The molecule has 3 heteroatoms. The molecule has 1 aliphatic heterocycles. The summed E-state index contributed by atoms with van der Waals surface area (Å²) < 4.78 is 5.04. The van der Waals surface area contributed by atoms with Crippen molar-refractivity contribution in [3.8, 4) is 0 Å². The quantitative estimate of drug-likeness (QED) is 0.667. The Balaban J connectivity index is 2.10. The molecule has 0 saturated carbocycles. The van der Waals surface area contributed by atoms with Crippen LogP contribution in [-0.4, -0.2) is 17.2 Å². The zero-order valence-electron chi connectivity index (χ0n) is 6.36. The largest absolute Gasteiger partial charge is 0.488 e. The second-order valence-corrected chi connectivity index (χ2v) is 2.77. The fraction of sp³-hybridized carbons (Fsp3) is 0.222. The summed E-state index contributed by atoms with van der Waals surface area (Å²) in [4.78, 5) is 10.6. The molecule has 1 aliphatic carbocycles. The molecule has 2 aliphatic rings. The molecule has 1 atom stereocenters. The maximum atomic E-state index is 10.6. The highest BCUT2D eigenvalue weighted by molar-refractivity contribution is 5.89. The summed E-state index contributed by atoms with van der Waals surface area (Å²) in [5.41, 5.74) is 1.37. The third kappa shape index (κ3) is 0.942. The molecule has 0 amide bonds. The van der Waals surface area contributed by atoms with Gasteiger partial charge in [-0.1, -0.05) is 18.2 Å². The first-order chi connectivity index (χ1) is 5.79. The van der Waals surface area contributed by atoms with Gasteiger partial charge in [0.1, 0.15) is 5.57 Å². The summed E-state index contributed by atoms with van der Waals surface area (Å²) in [6, 6.07) is 0. The maximum absolute atomic E-state index is 10.6. The molecule has 0 radical (unpaired) electrons. The Kier molecular flexibility index (Phi) is 1.50. The molecule has 0 aromatic rings. The van der Waals surface area contributed by atoms with E-state index in [0.29, 0.717) is 5.57 Å². The van der Waals surface area contributed by atoms with Crippen molar-refractivity contribution in [3.05, 3.63) is 35.6 Å². The fourth-order valence-electron chi connectivity index (χ4n) is 1.31. The molecule has 0 saturated heterocycles. The van der Waals surface area contributed by atoms with Gasteiger partial charge in [-0.2, -0.15) is 0 Å². The number of carboxylic acids is 1. The average Bonchev–Trinajstić information content (AvgIpc) is 2.35. The fourth-order valence-corrected chi connectivity index (χ4v) is 1.31. The van der Waals surface area contributed by atoms with E-state index in [1.54, 1.807) is 0 Å². The lowest BCUT2D eigenvalue weighted by molar-refractivity contribution is -0.135. The van der Waals surface area contributed by atoms with Crippen molar-refractivity contribution in [2.24, 2.45) is 0 Å². The van der Waals surface area contributed by atoms with Crippen LogP contribution in [0.4, 0.5) is 0 Å². The molecule has 0 aromatic carbocycles. The summed E-state index contributed by atoms with van der Waals surface area (Å²) in [5, 5.41) is 8.67. The van der Waals surface area contributed by atoms with Gasteiger partial charge in [0.25, 0.3) is 0 Å². The summed E-state index contributed by atoms with van der Waals surface area (Å²) in [6.07, 6.45) is 7.59. The van der Waals surface area contributed by atoms with Crippen molar-refractivity contribution in [1.82, 2.24) is 0 Å². The van der Waals surface area contributed by atoms with E-state index < -0.39 is 5.97 Å². The Morgan fingerprint density at radius 3 is 2.92 bits per heavy atom. The van der Waals surface area contributed by atoms with Crippen molar-refractivity contribution in [1.29, 1.82) is 0 Å². The first kappa shape index (κ1) is 7.16. The van der Waals surface area contributed by atoms with Gasteiger partial charge in [0, 0.05) is 0 Å². The monoisotopic (exact) mass is 164 g/mol. The number of hydrogen-bond donors (Lipinski definition) is 1. The molecule has 1 unspecified atom stereocenters. The Morgan fingerprint density at radius 1 is 1.67 bits per heavy atom. The van der Waals surface area contributed by atoms with Crippen LogP contribution in [0.15, 0.2) is 35.6 Å². The van der Waals surface area contributed by atoms with E-state index in [-0.39, 0.29) is 6.10 Å². The van der Waals surface area contributed by atoms with Crippen LogP contribution in [0.5, 0.6) is 0 Å². The standard InChI is InChI=1S/C9H8O3/c10-9(11)7-5-12-8(7)6-3-1-2-4-6/h1-3,5,8H,4H2,(H,10,11). The summed E-state index contributed by atoms with van der Waals surface area (Å²) in [6.45, 7) is 0. The van der Waals surface area contributed by atoms with Crippen LogP contribution in [0.3, 0.4) is 0 Å². The van der Waals surface area contributed by atoms with Crippen LogP contribution >= 0.6 is 0 Å². The van der Waals surface area contributed by atoms with E-state index in [4.69, 9.17) is 9.84 Å². The Morgan fingerprint density at radius 2 is 2.50 bits per heavy atom. The lowest BCUT2D eigenvalue weighted by atomic mass is 9.99. The number of hydrogen-bond acceptors (Lipinski definition) is 2. The van der Waals surface area contributed by atoms with Gasteiger partial charge in [0.05, 0.1) is 6.26 Å². The summed E-state index contributed by atoms with van der Waals surface area (Å²) in [7, 11) is 0. The molecule has 1 heterocycles. The minimum Gasteiger partial charge on any atom is -0.488 e. The molecular weight excluding hydrogens is 156 g/mol. The molecule has 0 fully saturated rings. The van der Waals surface area contributed by atoms with Crippen LogP contribution in [0.1, 0.15) is 6.42 Å². The van der Waals surface area contributed by atoms with Crippen molar-refractivity contribution >= 4 is 5.97 Å². The highest BCUT2D eigenvalue weighted by atomic mass is 16.5. The predicted molar refractivity (Wildman–Crippen MR) is 42.4 cm³/mol. The number of carboxylic acid groups (broad SMARTS) is 1. The average molecular weight is 164 g/mol. The van der Waals surface area contributed by atoms with Crippen molar-refractivity contribution in [2.75, 3.05) is 0 Å². The minimum absolute atomic E-state index is 0.308. The van der Waals surface area contributed by atoms with E-state index in [0.717, 1.165) is 12.0 Å². The smallest absolute Gasteiger partial charge is 0.338 e. The highest BCUT2D eigenvalue weighted by Crippen LogP contribution is 2.29. The number of rotatable bonds is 2. The van der Waals surface area contributed by atoms with Gasteiger partial charge in [0.2, 0.25) is 0 Å². The number of aliphatic carboxylic acids is 1. The molecule has 0 spiro atoms. The van der Waals surface area contributed by atoms with Gasteiger partial charge in [-0.25, -0.2) is 4.79 Å². The van der Waals surface area contributed by atoms with Crippen LogP contribution in [0.2, 0.25) is 0 Å². The molecule has 2 rings (SSSR count). The summed E-state index contributed by atoms with van der Waals surface area (Å²) in [5.74, 6) is -0.890. The van der Waals surface area contributed by atoms with Crippen LogP contribution in [-0.2, 0) is 9.53 Å². The molecule has 12 heavy (non-hydrogen) atoms. The molecular formula is C9H8O3. The topological polar surface area (TPSA) is 46.5 Å². The van der Waals surface area contributed by atoms with Crippen molar-refractivity contribution < 1.29 is 14.6 Å². The number of ether oxygens (including phenoxy) is 1. The van der Waals surface area contributed by atoms with E-state index >= 15 is 0 Å². The second-order valence-electron chi connectivity index (χ2n) is 2.77. The third-order valence-corrected chi connectivity index (χ3v) is 2.00. The van der Waals surface area contributed by atoms with Crippen LogP contribution < -0.4 is 0 Å². The van der Waals surface area contributed by atoms with Crippen molar-refractivity contribution in [2.45, 2.75) is 12.5 Å². The van der Waals surface area contributed by atoms with E-state index in [1.165, 1.54) is 6.26 Å². The van der Waals surface area contributed by atoms with E-state index in [2.05, 4.69) is 0 Å². The first-order valence-electron chi connectivity index (χ1n) is 3.73. The Bertz CT molecular complexity index is 310. The second kappa shape index (κ2) is 2.52. The summed E-state index contributed by atoms with van der Waals surface area (Å²) >= 11 is 0. The van der Waals surface area contributed by atoms with E-state index in [9.17, 15) is 4.79 Å². The molecule has 62 valence electrons. The molecule has 1 N–H and O–H groups in total. The van der Waals surface area contributed by atoms with Gasteiger partial charge in [-0.15, -0.1) is 0 Å². The van der Waals surface area contributed by atoms with Gasteiger partial charge in [-0.3, -0.25) is 0 Å². The number of allylic oxidation sites excluding steroid dienone is 3. The zero-order valence-corrected chi connectivity index (χ0v) is 6.36. The van der Waals surface area contributed by atoms with Gasteiger partial charge >= 0.3 is 5.97 Å². The van der Waals surface area contributed by atoms with Crippen molar-refractivity contribution in [3.63, 3.8) is 0 Å². The Labute approximate surface area is 69.6 Å². The van der Waals surface area contributed by atoms with Crippen LogP contribution in [0.25, 0.3) is 0 Å². The third-order valence-electron chi connectivity index (χ3n) is 2.00. The lowest BCUT2D eigenvalue weighted by Gasteiger charge is -2.26. The molecule has 3 nitrogen and oxygen atoms in total. The molecule has 0 bridgehead atoms. The SMILES string of the molecule is O=C(O)C1=COC1C1=CC=CC1. The van der Waals surface area contributed by atoms with Crippen LogP contribution in [0, 0.1) is 0 Å². The van der Waals surface area contributed by atoms with E-state index in [1.807, 2.05) is 18.2 Å². The molecule has 0 aromatic heterocycles. The Hall–Kier alpha value is -1.51. The highest BCUT2D eigenvalue weighted by Gasteiger charge is 2.32. The normalized spacial score (nSPS) is 25.5. The first-order valence-corrected chi connectivity index (χ1v) is 3.73. The predicted octanol–water partition coefficient (Wildman–Crippen LogP) is 1.24. The lowest BCUT2D eigenvalue weighted by Crippen LogP contribution is -2.29. The zero-order chi connectivity index (χ0) is 8.55. The number of carbonyl (C=O) groups is 1. The van der Waals surface area contributed by atoms with Gasteiger partial charge < -0.3 is 9.84 Å². The minimum atomic E-state index is -0.890. The maximum Gasteiger partial charge on any atom is 0.338 e. The van der Waals surface area contributed by atoms with Gasteiger partial charge in [0.15, 0.2) is 6.10 Å². The van der Waals surface area contributed by atoms with Gasteiger partial charge in [-0.05, 0) is 12.0 Å².